The fourth-order valence-corrected chi connectivity index (χ4v) is 5.23. The quantitative estimate of drug-likeness (QED) is 0.371. The Hall–Kier alpha value is -4.48. The predicted molar refractivity (Wildman–Crippen MR) is 137 cm³/mol. The Morgan fingerprint density at radius 3 is 2.59 bits per heavy atom. The number of hydrogen-bond acceptors (Lipinski definition) is 6. The van der Waals surface area contributed by atoms with Gasteiger partial charge in [-0.05, 0) is 48.2 Å². The van der Waals surface area contributed by atoms with E-state index in [9.17, 15) is 31.9 Å². The molecule has 2 aromatic carbocycles. The number of carbonyl (C=O) groups excluding carboxylic acids is 3. The van der Waals surface area contributed by atoms with Crippen LogP contribution < -0.4 is 4.74 Å². The molecule has 1 aliphatic heterocycles. The number of rotatable bonds is 7. The van der Waals surface area contributed by atoms with Gasteiger partial charge in [-0.1, -0.05) is 30.3 Å². The first-order valence-corrected chi connectivity index (χ1v) is 12.7. The van der Waals surface area contributed by atoms with Gasteiger partial charge in [0.1, 0.15) is 24.2 Å². The molecule has 41 heavy (non-hydrogen) atoms. The highest BCUT2D eigenvalue weighted by Gasteiger charge is 2.58. The fraction of sp³-hybridized carbons (Fsp3) is 0.310. The topological polar surface area (TPSA) is 89.0 Å². The lowest BCUT2D eigenvalue weighted by Gasteiger charge is -2.31. The number of aryl methyl sites for hydroxylation is 1. The van der Waals surface area contributed by atoms with Crippen molar-refractivity contribution in [2.75, 3.05) is 13.7 Å². The van der Waals surface area contributed by atoms with Crippen LogP contribution >= 0.6 is 0 Å². The molecule has 0 radical (unpaired) electrons. The van der Waals surface area contributed by atoms with Crippen LogP contribution in [0.5, 0.6) is 5.75 Å². The minimum Gasteiger partial charge on any atom is -0.496 e. The zero-order chi connectivity index (χ0) is 29.5. The van der Waals surface area contributed by atoms with Crippen LogP contribution in [0.25, 0.3) is 11.1 Å². The van der Waals surface area contributed by atoms with Crippen molar-refractivity contribution in [3.05, 3.63) is 83.4 Å². The van der Waals surface area contributed by atoms with Crippen molar-refractivity contribution in [2.24, 2.45) is 0 Å². The van der Waals surface area contributed by atoms with Gasteiger partial charge in [0.25, 0.3) is 5.91 Å². The highest BCUT2D eigenvalue weighted by Crippen LogP contribution is 2.46. The van der Waals surface area contributed by atoms with Crippen molar-refractivity contribution >= 4 is 17.9 Å². The summed E-state index contributed by atoms with van der Waals surface area (Å²) in [5.41, 5.74) is 1.25. The fourth-order valence-electron chi connectivity index (χ4n) is 5.23. The normalized spacial score (nSPS) is 18.8. The molecule has 1 fully saturated rings. The Morgan fingerprint density at radius 1 is 1.17 bits per heavy atom. The lowest BCUT2D eigenvalue weighted by atomic mass is 9.93. The van der Waals surface area contributed by atoms with Gasteiger partial charge >= 0.3 is 12.3 Å². The molecule has 12 heteroatoms. The lowest BCUT2D eigenvalue weighted by Crippen LogP contribution is -2.51. The summed E-state index contributed by atoms with van der Waals surface area (Å²) in [5, 5.41) is 0. The molecule has 214 valence electrons. The van der Waals surface area contributed by atoms with Crippen LogP contribution in [-0.2, 0) is 32.9 Å². The Kier molecular flexibility index (Phi) is 7.18. The molecule has 0 saturated carbocycles. The maximum absolute atomic E-state index is 13.7. The molecule has 0 bridgehead atoms. The molecule has 2 aliphatic rings. The van der Waals surface area contributed by atoms with E-state index in [1.54, 1.807) is 30.6 Å². The number of pyridine rings is 1. The molecule has 0 unspecified atom stereocenters. The SMILES string of the molecule is COc1ccncc1-c1ccc2c(c1)CC[C@@]21OC(=O)N(CC(=O)N(Cc2ccc(F)cc2)[C@@H](C)C(F)(F)F)C1=O. The number of aromatic nitrogens is 1. The van der Waals surface area contributed by atoms with Crippen molar-refractivity contribution in [2.45, 2.75) is 44.1 Å². The van der Waals surface area contributed by atoms with Crippen molar-refractivity contribution in [3.63, 3.8) is 0 Å². The third-order valence-electron chi connectivity index (χ3n) is 7.49. The van der Waals surface area contributed by atoms with Crippen LogP contribution in [0.4, 0.5) is 22.4 Å². The Bertz CT molecular complexity index is 1510. The number of halogens is 4. The molecule has 1 aromatic heterocycles. The van der Waals surface area contributed by atoms with Crippen LogP contribution in [0.15, 0.2) is 60.9 Å². The minimum absolute atomic E-state index is 0.115. The molecular weight excluding hydrogens is 546 g/mol. The highest BCUT2D eigenvalue weighted by atomic mass is 19.4. The molecule has 0 N–H and O–H groups in total. The number of alkyl halides is 3. The molecule has 1 spiro atoms. The first kappa shape index (κ1) is 28.1. The minimum atomic E-state index is -4.79. The number of methoxy groups -OCH3 is 1. The molecule has 8 nitrogen and oxygen atoms in total. The number of nitrogens with zero attached hydrogens (tertiary/aromatic N) is 3. The first-order chi connectivity index (χ1) is 19.4. The average molecular weight is 572 g/mol. The van der Waals surface area contributed by atoms with E-state index in [0.717, 1.165) is 35.7 Å². The van der Waals surface area contributed by atoms with Crippen molar-refractivity contribution in [1.82, 2.24) is 14.8 Å². The molecule has 5 rings (SSSR count). The van der Waals surface area contributed by atoms with Gasteiger partial charge in [-0.2, -0.15) is 13.2 Å². The molecule has 1 aliphatic carbocycles. The van der Waals surface area contributed by atoms with E-state index in [4.69, 9.17) is 9.47 Å². The van der Waals surface area contributed by atoms with Crippen molar-refractivity contribution in [3.8, 4) is 16.9 Å². The van der Waals surface area contributed by atoms with Crippen LogP contribution in [0, 0.1) is 5.82 Å². The van der Waals surface area contributed by atoms with Crippen LogP contribution in [0.3, 0.4) is 0 Å². The average Bonchev–Trinajstić information content (AvgIpc) is 3.43. The van der Waals surface area contributed by atoms with Crippen molar-refractivity contribution < 1.29 is 41.4 Å². The highest BCUT2D eigenvalue weighted by molar-refractivity contribution is 6.06. The molecule has 2 heterocycles. The van der Waals surface area contributed by atoms with E-state index in [-0.39, 0.29) is 12.0 Å². The van der Waals surface area contributed by atoms with Gasteiger partial charge in [0.2, 0.25) is 11.5 Å². The molecule has 3 amide bonds. The Balaban J connectivity index is 1.40. The molecule has 3 aromatic rings. The summed E-state index contributed by atoms with van der Waals surface area (Å²) in [6, 6.07) is 9.35. The van der Waals surface area contributed by atoms with Crippen LogP contribution in [0.2, 0.25) is 0 Å². The van der Waals surface area contributed by atoms with Crippen LogP contribution in [0.1, 0.15) is 30.0 Å². The summed E-state index contributed by atoms with van der Waals surface area (Å²) in [6.07, 6.45) is -2.17. The number of amides is 3. The van der Waals surface area contributed by atoms with Gasteiger partial charge in [-0.15, -0.1) is 0 Å². The van der Waals surface area contributed by atoms with Gasteiger partial charge < -0.3 is 14.4 Å². The van der Waals surface area contributed by atoms with E-state index in [1.165, 1.54) is 19.2 Å². The second-order valence-corrected chi connectivity index (χ2v) is 9.90. The van der Waals surface area contributed by atoms with E-state index in [1.807, 2.05) is 6.07 Å². The third kappa shape index (κ3) is 5.09. The van der Waals surface area contributed by atoms with Crippen molar-refractivity contribution in [1.29, 1.82) is 0 Å². The van der Waals surface area contributed by atoms with E-state index in [2.05, 4.69) is 4.98 Å². The molecule has 1 saturated heterocycles. The van der Waals surface area contributed by atoms with Gasteiger partial charge in [-0.25, -0.2) is 14.1 Å². The zero-order valence-corrected chi connectivity index (χ0v) is 22.1. The van der Waals surface area contributed by atoms with E-state index >= 15 is 0 Å². The summed E-state index contributed by atoms with van der Waals surface area (Å²) < 4.78 is 65.3. The van der Waals surface area contributed by atoms with E-state index in [0.29, 0.717) is 27.5 Å². The summed E-state index contributed by atoms with van der Waals surface area (Å²) >= 11 is 0. The Morgan fingerprint density at radius 2 is 1.90 bits per heavy atom. The van der Waals surface area contributed by atoms with Gasteiger partial charge in [0.15, 0.2) is 0 Å². The van der Waals surface area contributed by atoms with Crippen LogP contribution in [-0.4, -0.2) is 58.6 Å². The van der Waals surface area contributed by atoms with Gasteiger partial charge in [0, 0.05) is 36.5 Å². The number of imide groups is 1. The number of hydrogen-bond donors (Lipinski definition) is 0. The lowest BCUT2D eigenvalue weighted by molar-refractivity contribution is -0.187. The number of carbonyl (C=O) groups is 3. The van der Waals surface area contributed by atoms with Gasteiger partial charge in [-0.3, -0.25) is 14.6 Å². The maximum atomic E-state index is 13.7. The first-order valence-electron chi connectivity index (χ1n) is 12.7. The largest absolute Gasteiger partial charge is 0.496 e. The summed E-state index contributed by atoms with van der Waals surface area (Å²) in [4.78, 5) is 44.9. The molecule has 2 atom stereocenters. The molecular formula is C29H25F4N3O5. The monoisotopic (exact) mass is 571 g/mol. The van der Waals surface area contributed by atoms with Gasteiger partial charge in [0.05, 0.1) is 7.11 Å². The number of benzene rings is 2. The summed E-state index contributed by atoms with van der Waals surface area (Å²) in [7, 11) is 1.53. The second-order valence-electron chi connectivity index (χ2n) is 9.90. The predicted octanol–water partition coefficient (Wildman–Crippen LogP) is 5.00. The maximum Gasteiger partial charge on any atom is 0.418 e. The number of fused-ring (bicyclic) bond motifs is 2. The third-order valence-corrected chi connectivity index (χ3v) is 7.49. The second kappa shape index (κ2) is 10.5. The standard InChI is InChI=1S/C29H25F4N3O5/c1-17(29(31,32)33)35(15-18-3-6-21(30)7-4-18)25(37)16-36-26(38)28(41-27(36)39)11-9-20-13-19(5-8-23(20)28)22-14-34-12-10-24(22)40-2/h3-8,10,12-14,17H,9,11,15-16H2,1-2H3/t17-,28+/m0/s1. The summed E-state index contributed by atoms with van der Waals surface area (Å²) in [6.45, 7) is -0.651. The Labute approximate surface area is 232 Å². The zero-order valence-electron chi connectivity index (χ0n) is 22.1. The smallest absolute Gasteiger partial charge is 0.418 e. The van der Waals surface area contributed by atoms with E-state index < -0.39 is 54.6 Å². The summed E-state index contributed by atoms with van der Waals surface area (Å²) in [5.74, 6) is -1.92. The number of ether oxygens (including phenoxy) is 2.